The lowest BCUT2D eigenvalue weighted by Crippen LogP contribution is -2.24. The Kier molecular flexibility index (Phi) is 7.30. The molecule has 2 aromatic carbocycles. The summed E-state index contributed by atoms with van der Waals surface area (Å²) in [5.74, 6) is -0.178. The Morgan fingerprint density at radius 3 is 2.61 bits per heavy atom. The van der Waals surface area contributed by atoms with Gasteiger partial charge in [0.25, 0.3) is 5.91 Å². The predicted molar refractivity (Wildman–Crippen MR) is 121 cm³/mol. The maximum Gasteiger partial charge on any atom is 0.265 e. The smallest absolute Gasteiger partial charge is 0.265 e. The lowest BCUT2D eigenvalue weighted by atomic mass is 10.3. The van der Waals surface area contributed by atoms with Gasteiger partial charge in [-0.05, 0) is 64.1 Å². The summed E-state index contributed by atoms with van der Waals surface area (Å²) < 4.78 is 0.849. The molecule has 2 amide bonds. The van der Waals surface area contributed by atoms with Crippen LogP contribution in [0.1, 0.15) is 23.0 Å². The molecule has 1 heterocycles. The average molecular weight is 475 g/mol. The van der Waals surface area contributed by atoms with Crippen LogP contribution in [0.2, 0.25) is 0 Å². The number of nitrogens with one attached hydrogen (secondary N) is 2. The Labute approximate surface area is 180 Å². The third-order valence-corrected chi connectivity index (χ3v) is 6.83. The lowest BCUT2D eigenvalue weighted by Gasteiger charge is -2.16. The zero-order valence-corrected chi connectivity index (χ0v) is 18.4. The number of rotatable bonds is 7. The van der Waals surface area contributed by atoms with E-state index in [2.05, 4.69) is 26.6 Å². The molecule has 2 N–H and O–H groups in total. The van der Waals surface area contributed by atoms with Gasteiger partial charge in [-0.25, -0.2) is 0 Å². The van der Waals surface area contributed by atoms with Gasteiger partial charge in [0.2, 0.25) is 5.91 Å². The van der Waals surface area contributed by atoms with Crippen molar-refractivity contribution < 1.29 is 9.59 Å². The first-order valence-electron chi connectivity index (χ1n) is 8.73. The number of para-hydroxylation sites is 1. The number of thioether (sulfide) groups is 1. The van der Waals surface area contributed by atoms with Crippen molar-refractivity contribution in [3.63, 3.8) is 0 Å². The highest BCUT2D eigenvalue weighted by Gasteiger charge is 2.19. The predicted octanol–water partition coefficient (Wildman–Crippen LogP) is 6.27. The summed E-state index contributed by atoms with van der Waals surface area (Å²) in [6.45, 7) is 1.99. The molecule has 1 atom stereocenters. The molecule has 0 aliphatic heterocycles. The number of carbonyl (C=O) groups is 2. The average Bonchev–Trinajstić information content (AvgIpc) is 3.23. The van der Waals surface area contributed by atoms with Gasteiger partial charge >= 0.3 is 0 Å². The van der Waals surface area contributed by atoms with Crippen LogP contribution in [-0.2, 0) is 4.79 Å². The van der Waals surface area contributed by atoms with Crippen molar-refractivity contribution in [1.29, 1.82) is 0 Å². The van der Waals surface area contributed by atoms with E-state index in [-0.39, 0.29) is 17.1 Å². The number of anilines is 2. The largest absolute Gasteiger partial charge is 0.324 e. The monoisotopic (exact) mass is 474 g/mol. The van der Waals surface area contributed by atoms with Gasteiger partial charge in [-0.1, -0.05) is 31.2 Å². The van der Waals surface area contributed by atoms with Crippen LogP contribution in [0.3, 0.4) is 0 Å². The van der Waals surface area contributed by atoms with Gasteiger partial charge in [0.1, 0.15) is 0 Å². The van der Waals surface area contributed by atoms with E-state index < -0.39 is 0 Å². The molecular weight excluding hydrogens is 456 g/mol. The van der Waals surface area contributed by atoms with E-state index in [1.165, 1.54) is 23.1 Å². The standard InChI is InChI=1S/C21H19BrN2O2S2/c1-2-18(20(25)24-17-10-4-3-9-16(17)22)28-15-8-5-7-14(13-15)23-21(26)19-11-6-12-27-19/h3-13,18H,2H2,1H3,(H,23,26)(H,24,25). The van der Waals surface area contributed by atoms with Crippen LogP contribution in [0.15, 0.2) is 75.4 Å². The summed E-state index contributed by atoms with van der Waals surface area (Å²) in [6, 6.07) is 18.7. The summed E-state index contributed by atoms with van der Waals surface area (Å²) in [5, 5.41) is 7.51. The minimum atomic E-state index is -0.240. The molecule has 0 aliphatic carbocycles. The van der Waals surface area contributed by atoms with E-state index in [1.54, 1.807) is 6.07 Å². The van der Waals surface area contributed by atoms with Gasteiger partial charge in [0, 0.05) is 15.1 Å². The van der Waals surface area contributed by atoms with Crippen molar-refractivity contribution in [2.75, 3.05) is 10.6 Å². The van der Waals surface area contributed by atoms with Crippen LogP contribution in [0.4, 0.5) is 11.4 Å². The fraction of sp³-hybridized carbons (Fsp3) is 0.143. The first-order chi connectivity index (χ1) is 13.6. The van der Waals surface area contributed by atoms with Crippen LogP contribution in [0.5, 0.6) is 0 Å². The van der Waals surface area contributed by atoms with E-state index in [4.69, 9.17) is 0 Å². The summed E-state index contributed by atoms with van der Waals surface area (Å²) in [4.78, 5) is 26.5. The third-order valence-electron chi connectivity index (χ3n) is 3.91. The highest BCUT2D eigenvalue weighted by atomic mass is 79.9. The molecule has 0 aliphatic rings. The van der Waals surface area contributed by atoms with Gasteiger partial charge in [0.15, 0.2) is 0 Å². The Morgan fingerprint density at radius 1 is 1.07 bits per heavy atom. The number of amides is 2. The summed E-state index contributed by atoms with van der Waals surface area (Å²) >= 11 is 6.34. The number of hydrogen-bond donors (Lipinski definition) is 2. The van der Waals surface area contributed by atoms with Gasteiger partial charge in [-0.2, -0.15) is 0 Å². The zero-order valence-electron chi connectivity index (χ0n) is 15.1. The van der Waals surface area contributed by atoms with Gasteiger partial charge < -0.3 is 10.6 Å². The molecule has 1 aromatic heterocycles. The number of carbonyl (C=O) groups excluding carboxylic acids is 2. The molecule has 7 heteroatoms. The van der Waals surface area contributed by atoms with E-state index in [9.17, 15) is 9.59 Å². The molecule has 4 nitrogen and oxygen atoms in total. The highest BCUT2D eigenvalue weighted by molar-refractivity contribution is 9.10. The molecule has 0 bridgehead atoms. The fourth-order valence-corrected chi connectivity index (χ4v) is 4.53. The minimum absolute atomic E-state index is 0.0487. The van der Waals surface area contributed by atoms with Crippen molar-refractivity contribution in [2.45, 2.75) is 23.5 Å². The highest BCUT2D eigenvalue weighted by Crippen LogP contribution is 2.30. The maximum absolute atomic E-state index is 12.7. The first kappa shape index (κ1) is 20.6. The van der Waals surface area contributed by atoms with E-state index in [0.717, 1.165) is 15.1 Å². The fourth-order valence-electron chi connectivity index (χ4n) is 2.51. The van der Waals surface area contributed by atoms with Crippen LogP contribution in [0.25, 0.3) is 0 Å². The van der Waals surface area contributed by atoms with Crippen molar-refractivity contribution in [3.8, 4) is 0 Å². The lowest BCUT2D eigenvalue weighted by molar-refractivity contribution is -0.115. The minimum Gasteiger partial charge on any atom is -0.324 e. The van der Waals surface area contributed by atoms with Crippen molar-refractivity contribution >= 4 is 62.2 Å². The molecule has 0 saturated carbocycles. The van der Waals surface area contributed by atoms with Crippen LogP contribution in [0, 0.1) is 0 Å². The quantitative estimate of drug-likeness (QED) is 0.396. The summed E-state index contributed by atoms with van der Waals surface area (Å²) in [6.07, 6.45) is 0.687. The van der Waals surface area contributed by atoms with Crippen molar-refractivity contribution in [1.82, 2.24) is 0 Å². The SMILES string of the molecule is CCC(Sc1cccc(NC(=O)c2cccs2)c1)C(=O)Nc1ccccc1Br. The van der Waals surface area contributed by atoms with Crippen LogP contribution >= 0.6 is 39.0 Å². The number of thiophene rings is 1. The Morgan fingerprint density at radius 2 is 1.89 bits per heavy atom. The molecule has 0 spiro atoms. The maximum atomic E-state index is 12.7. The molecular formula is C21H19BrN2O2S2. The van der Waals surface area contributed by atoms with E-state index >= 15 is 0 Å². The Balaban J connectivity index is 1.66. The Hall–Kier alpha value is -2.09. The van der Waals surface area contributed by atoms with Crippen molar-refractivity contribution in [3.05, 3.63) is 75.4 Å². The molecule has 0 saturated heterocycles. The molecule has 0 radical (unpaired) electrons. The normalized spacial score (nSPS) is 11.6. The summed E-state index contributed by atoms with van der Waals surface area (Å²) in [7, 11) is 0. The van der Waals surface area contributed by atoms with Crippen molar-refractivity contribution in [2.24, 2.45) is 0 Å². The molecule has 28 heavy (non-hydrogen) atoms. The molecule has 1 unspecified atom stereocenters. The van der Waals surface area contributed by atoms with Crippen LogP contribution in [-0.4, -0.2) is 17.1 Å². The van der Waals surface area contributed by atoms with Gasteiger partial charge in [-0.15, -0.1) is 23.1 Å². The van der Waals surface area contributed by atoms with Crippen LogP contribution < -0.4 is 10.6 Å². The van der Waals surface area contributed by atoms with E-state index in [1.807, 2.05) is 66.9 Å². The topological polar surface area (TPSA) is 58.2 Å². The second-order valence-corrected chi connectivity index (χ2v) is 9.02. The van der Waals surface area contributed by atoms with Gasteiger partial charge in [-0.3, -0.25) is 9.59 Å². The third kappa shape index (κ3) is 5.47. The number of benzene rings is 2. The zero-order chi connectivity index (χ0) is 19.9. The molecule has 0 fully saturated rings. The second kappa shape index (κ2) is 9.91. The first-order valence-corrected chi connectivity index (χ1v) is 11.3. The molecule has 3 rings (SSSR count). The number of hydrogen-bond acceptors (Lipinski definition) is 4. The van der Waals surface area contributed by atoms with Gasteiger partial charge in [0.05, 0.1) is 15.8 Å². The van der Waals surface area contributed by atoms with E-state index in [0.29, 0.717) is 17.0 Å². The number of halogens is 1. The second-order valence-electron chi connectivity index (χ2n) is 5.94. The Bertz CT molecular complexity index is 961. The molecule has 3 aromatic rings. The molecule has 144 valence electrons. The summed E-state index contributed by atoms with van der Waals surface area (Å²) in [5.41, 5.74) is 1.47.